The lowest BCUT2D eigenvalue weighted by Gasteiger charge is -2.36. The van der Waals surface area contributed by atoms with Crippen molar-refractivity contribution < 1.29 is 5.11 Å². The zero-order chi connectivity index (χ0) is 6.91. The molecule has 1 aliphatic carbocycles. The first-order valence-electron chi connectivity index (χ1n) is 3.49. The van der Waals surface area contributed by atoms with Crippen LogP contribution in [0.3, 0.4) is 0 Å². The first kappa shape index (κ1) is 6.75. The molecule has 0 aromatic carbocycles. The van der Waals surface area contributed by atoms with E-state index in [0.29, 0.717) is 12.1 Å². The Labute approximate surface area is 55.4 Å². The third kappa shape index (κ3) is 0.990. The third-order valence-electron chi connectivity index (χ3n) is 2.10. The van der Waals surface area contributed by atoms with Gasteiger partial charge in [-0.3, -0.25) is 0 Å². The van der Waals surface area contributed by atoms with Crippen LogP contribution in [-0.2, 0) is 0 Å². The van der Waals surface area contributed by atoms with Gasteiger partial charge in [0.15, 0.2) is 0 Å². The molecule has 1 rings (SSSR count). The molecule has 0 saturated heterocycles. The van der Waals surface area contributed by atoms with Crippen LogP contribution in [0.4, 0.5) is 0 Å². The van der Waals surface area contributed by atoms with Crippen molar-refractivity contribution >= 4 is 5.71 Å². The minimum Gasteiger partial charge on any atom is -0.384 e. The number of hydrogen-bond acceptors (Lipinski definition) is 2. The maximum absolute atomic E-state index is 9.45. The normalized spacial score (nSPS) is 22.9. The predicted molar refractivity (Wildman–Crippen MR) is 36.8 cm³/mol. The Bertz CT molecular complexity index is 127. The smallest absolute Gasteiger partial charge is 0.102 e. The van der Waals surface area contributed by atoms with Gasteiger partial charge in [-0.1, -0.05) is 6.92 Å². The lowest BCUT2D eigenvalue weighted by molar-refractivity contribution is 0.0316. The summed E-state index contributed by atoms with van der Waals surface area (Å²) in [7, 11) is 0. The molecule has 0 amide bonds. The van der Waals surface area contributed by atoms with E-state index in [1.807, 2.05) is 6.92 Å². The fourth-order valence-corrected chi connectivity index (χ4v) is 1.14. The molecule has 2 heteroatoms. The average Bonchev–Trinajstić information content (AvgIpc) is 1.81. The van der Waals surface area contributed by atoms with Gasteiger partial charge in [-0.15, -0.1) is 0 Å². The molecule has 1 saturated carbocycles. The quantitative estimate of drug-likeness (QED) is 0.540. The maximum Gasteiger partial charge on any atom is 0.102 e. The fourth-order valence-electron chi connectivity index (χ4n) is 1.14. The molecular weight excluding hydrogens is 114 g/mol. The van der Waals surface area contributed by atoms with Gasteiger partial charge in [-0.25, -0.2) is 0 Å². The van der Waals surface area contributed by atoms with E-state index in [1.165, 1.54) is 0 Å². The molecule has 0 unspecified atom stereocenters. The van der Waals surface area contributed by atoms with Gasteiger partial charge in [0.25, 0.3) is 0 Å². The SMILES string of the molecule is CCC(=N)C1(O)CCC1. The van der Waals surface area contributed by atoms with Gasteiger partial charge in [0.1, 0.15) is 5.60 Å². The van der Waals surface area contributed by atoms with Crippen molar-refractivity contribution in [1.29, 1.82) is 5.41 Å². The Morgan fingerprint density at radius 1 is 1.67 bits per heavy atom. The molecule has 9 heavy (non-hydrogen) atoms. The second-order valence-corrected chi connectivity index (χ2v) is 2.72. The predicted octanol–water partition coefficient (Wildman–Crippen LogP) is 1.33. The van der Waals surface area contributed by atoms with Crippen LogP contribution in [0, 0.1) is 5.41 Å². The molecule has 1 aliphatic rings. The summed E-state index contributed by atoms with van der Waals surface area (Å²) in [6.45, 7) is 1.92. The van der Waals surface area contributed by atoms with Crippen LogP contribution >= 0.6 is 0 Å². The van der Waals surface area contributed by atoms with Gasteiger partial charge in [-0.05, 0) is 25.7 Å². The van der Waals surface area contributed by atoms with E-state index in [9.17, 15) is 5.11 Å². The highest BCUT2D eigenvalue weighted by molar-refractivity contribution is 5.90. The average molecular weight is 127 g/mol. The standard InChI is InChI=1S/C7H13NO/c1-2-6(8)7(9)4-3-5-7/h8-9H,2-5H2,1H3. The van der Waals surface area contributed by atoms with Gasteiger partial charge >= 0.3 is 0 Å². The van der Waals surface area contributed by atoms with Crippen LogP contribution < -0.4 is 0 Å². The van der Waals surface area contributed by atoms with Crippen molar-refractivity contribution in [3.05, 3.63) is 0 Å². The molecule has 0 aromatic heterocycles. The summed E-state index contributed by atoms with van der Waals surface area (Å²) in [5, 5.41) is 16.8. The molecule has 0 bridgehead atoms. The Kier molecular flexibility index (Phi) is 1.58. The Hall–Kier alpha value is -0.370. The fraction of sp³-hybridized carbons (Fsp3) is 0.857. The molecule has 2 N–H and O–H groups in total. The molecule has 0 spiro atoms. The molecule has 1 fully saturated rings. The summed E-state index contributed by atoms with van der Waals surface area (Å²) in [5.41, 5.74) is -0.178. The number of nitrogens with one attached hydrogen (secondary N) is 1. The summed E-state index contributed by atoms with van der Waals surface area (Å²) in [6.07, 6.45) is 3.38. The largest absolute Gasteiger partial charge is 0.384 e. The van der Waals surface area contributed by atoms with Crippen LogP contribution in [0.25, 0.3) is 0 Å². The number of hydrogen-bond donors (Lipinski definition) is 2. The second kappa shape index (κ2) is 2.10. The van der Waals surface area contributed by atoms with Crippen LogP contribution in [0.15, 0.2) is 0 Å². The molecule has 0 heterocycles. The number of rotatable bonds is 2. The Morgan fingerprint density at radius 2 is 2.22 bits per heavy atom. The molecule has 2 nitrogen and oxygen atoms in total. The molecule has 0 atom stereocenters. The summed E-state index contributed by atoms with van der Waals surface area (Å²) < 4.78 is 0. The third-order valence-corrected chi connectivity index (χ3v) is 2.10. The topological polar surface area (TPSA) is 44.1 Å². The molecule has 52 valence electrons. The van der Waals surface area contributed by atoms with Crippen molar-refractivity contribution in [3.8, 4) is 0 Å². The minimum atomic E-state index is -0.686. The van der Waals surface area contributed by atoms with E-state index in [-0.39, 0.29) is 0 Å². The van der Waals surface area contributed by atoms with Crippen molar-refractivity contribution in [3.63, 3.8) is 0 Å². The minimum absolute atomic E-state index is 0.508. The van der Waals surface area contributed by atoms with Crippen LogP contribution in [0.2, 0.25) is 0 Å². The van der Waals surface area contributed by atoms with Gasteiger partial charge < -0.3 is 10.5 Å². The van der Waals surface area contributed by atoms with Crippen molar-refractivity contribution in [2.45, 2.75) is 38.2 Å². The molecular formula is C7H13NO. The van der Waals surface area contributed by atoms with Crippen molar-refractivity contribution in [2.24, 2.45) is 0 Å². The van der Waals surface area contributed by atoms with Crippen molar-refractivity contribution in [2.75, 3.05) is 0 Å². The highest BCUT2D eigenvalue weighted by atomic mass is 16.3. The lowest BCUT2D eigenvalue weighted by atomic mass is 9.76. The van der Waals surface area contributed by atoms with E-state index < -0.39 is 5.60 Å². The van der Waals surface area contributed by atoms with E-state index >= 15 is 0 Å². The highest BCUT2D eigenvalue weighted by Gasteiger charge is 2.37. The van der Waals surface area contributed by atoms with Crippen molar-refractivity contribution in [1.82, 2.24) is 0 Å². The van der Waals surface area contributed by atoms with Gasteiger partial charge in [0.2, 0.25) is 0 Å². The Balaban J connectivity index is 2.49. The van der Waals surface area contributed by atoms with Crippen LogP contribution in [0.1, 0.15) is 32.6 Å². The van der Waals surface area contributed by atoms with E-state index in [1.54, 1.807) is 0 Å². The Morgan fingerprint density at radius 3 is 2.33 bits per heavy atom. The maximum atomic E-state index is 9.45. The van der Waals surface area contributed by atoms with E-state index in [2.05, 4.69) is 0 Å². The molecule has 0 aromatic rings. The summed E-state index contributed by atoms with van der Waals surface area (Å²) >= 11 is 0. The summed E-state index contributed by atoms with van der Waals surface area (Å²) in [6, 6.07) is 0. The number of aliphatic hydroxyl groups is 1. The second-order valence-electron chi connectivity index (χ2n) is 2.72. The van der Waals surface area contributed by atoms with E-state index in [4.69, 9.17) is 5.41 Å². The zero-order valence-electron chi connectivity index (χ0n) is 5.78. The summed E-state index contributed by atoms with van der Waals surface area (Å²) in [4.78, 5) is 0. The molecule has 0 aliphatic heterocycles. The lowest BCUT2D eigenvalue weighted by Crippen LogP contribution is -2.44. The highest BCUT2D eigenvalue weighted by Crippen LogP contribution is 2.33. The van der Waals surface area contributed by atoms with Gasteiger partial charge in [-0.2, -0.15) is 0 Å². The zero-order valence-corrected chi connectivity index (χ0v) is 5.78. The monoisotopic (exact) mass is 127 g/mol. The summed E-state index contributed by atoms with van der Waals surface area (Å²) in [5.74, 6) is 0. The van der Waals surface area contributed by atoms with Gasteiger partial charge in [0.05, 0.1) is 0 Å². The molecule has 0 radical (unpaired) electrons. The first-order chi connectivity index (χ1) is 4.19. The van der Waals surface area contributed by atoms with Crippen LogP contribution in [-0.4, -0.2) is 16.4 Å². The van der Waals surface area contributed by atoms with Gasteiger partial charge in [0, 0.05) is 5.71 Å². The van der Waals surface area contributed by atoms with E-state index in [0.717, 1.165) is 19.3 Å². The van der Waals surface area contributed by atoms with Crippen LogP contribution in [0.5, 0.6) is 0 Å². The first-order valence-corrected chi connectivity index (χ1v) is 3.49.